The minimum atomic E-state index is -4.39. The highest BCUT2D eigenvalue weighted by molar-refractivity contribution is 5.87. The Morgan fingerprint density at radius 2 is 1.96 bits per heavy atom. The monoisotopic (exact) mass is 376 g/mol. The molecule has 2 aromatic heterocycles. The Bertz CT molecular complexity index is 976. The minimum absolute atomic E-state index is 0.156. The molecule has 2 heterocycles. The number of oxime groups is 1. The first-order chi connectivity index (χ1) is 12.8. The van der Waals surface area contributed by atoms with E-state index >= 15 is 0 Å². The van der Waals surface area contributed by atoms with Crippen molar-refractivity contribution >= 4 is 16.7 Å². The number of aromatic nitrogens is 3. The van der Waals surface area contributed by atoms with E-state index < -0.39 is 11.7 Å². The molecule has 27 heavy (non-hydrogen) atoms. The summed E-state index contributed by atoms with van der Waals surface area (Å²) in [6.45, 7) is 4.40. The zero-order valence-electron chi connectivity index (χ0n) is 15.2. The second kappa shape index (κ2) is 7.38. The van der Waals surface area contributed by atoms with E-state index in [-0.39, 0.29) is 5.92 Å². The summed E-state index contributed by atoms with van der Waals surface area (Å²) < 4.78 is 40.7. The molecule has 0 aliphatic heterocycles. The molecule has 0 radical (unpaired) electrons. The molecule has 0 aliphatic rings. The SMILES string of the molecule is CO/N=C(\Cn1ncc2ncc(-c3cccc(C(F)(F)F)c3)cc21)C(C)C. The lowest BCUT2D eigenvalue weighted by atomic mass is 10.0. The van der Waals surface area contributed by atoms with Gasteiger partial charge in [-0.15, -0.1) is 0 Å². The van der Waals surface area contributed by atoms with E-state index in [0.717, 1.165) is 23.4 Å². The molecule has 0 spiro atoms. The van der Waals surface area contributed by atoms with Crippen LogP contribution in [-0.4, -0.2) is 27.6 Å². The second-order valence-electron chi connectivity index (χ2n) is 6.43. The van der Waals surface area contributed by atoms with Gasteiger partial charge in [0, 0.05) is 11.8 Å². The Hall–Kier alpha value is -2.90. The van der Waals surface area contributed by atoms with Crippen LogP contribution in [0.2, 0.25) is 0 Å². The van der Waals surface area contributed by atoms with Crippen molar-refractivity contribution in [2.75, 3.05) is 7.11 Å². The topological polar surface area (TPSA) is 52.3 Å². The van der Waals surface area contributed by atoms with Crippen LogP contribution in [0.3, 0.4) is 0 Å². The first-order valence-corrected chi connectivity index (χ1v) is 8.38. The molecule has 0 fully saturated rings. The summed E-state index contributed by atoms with van der Waals surface area (Å²) in [5.74, 6) is 0.156. The standard InChI is InChI=1S/C19H19F3N4O/c1-12(2)17(25-27-3)11-26-18-8-14(9-23-16(18)10-24-26)13-5-4-6-15(7-13)19(20,21)22/h4-10,12H,11H2,1-3H3/b25-17+. The molecule has 3 rings (SSSR count). The number of nitrogens with zero attached hydrogens (tertiary/aromatic N) is 4. The van der Waals surface area contributed by atoms with Crippen molar-refractivity contribution in [2.24, 2.45) is 11.1 Å². The van der Waals surface area contributed by atoms with Crippen molar-refractivity contribution < 1.29 is 18.0 Å². The van der Waals surface area contributed by atoms with Gasteiger partial charge in [-0.2, -0.15) is 18.3 Å². The lowest BCUT2D eigenvalue weighted by molar-refractivity contribution is -0.137. The van der Waals surface area contributed by atoms with E-state index in [0.29, 0.717) is 23.2 Å². The lowest BCUT2D eigenvalue weighted by Gasteiger charge is -2.11. The van der Waals surface area contributed by atoms with Gasteiger partial charge in [-0.1, -0.05) is 31.1 Å². The van der Waals surface area contributed by atoms with Crippen molar-refractivity contribution in [3.63, 3.8) is 0 Å². The van der Waals surface area contributed by atoms with E-state index in [1.807, 2.05) is 13.8 Å². The van der Waals surface area contributed by atoms with E-state index in [2.05, 4.69) is 15.2 Å². The van der Waals surface area contributed by atoms with Gasteiger partial charge in [0.1, 0.15) is 12.6 Å². The predicted octanol–water partition coefficient (Wildman–Crippen LogP) is 4.78. The predicted molar refractivity (Wildman–Crippen MR) is 97.2 cm³/mol. The number of benzene rings is 1. The number of hydrogen-bond acceptors (Lipinski definition) is 4. The molecule has 0 atom stereocenters. The molecule has 0 aliphatic carbocycles. The normalized spacial score (nSPS) is 12.8. The van der Waals surface area contributed by atoms with Gasteiger partial charge in [-0.05, 0) is 29.7 Å². The van der Waals surface area contributed by atoms with Gasteiger partial charge in [0.15, 0.2) is 0 Å². The minimum Gasteiger partial charge on any atom is -0.399 e. The molecule has 0 saturated heterocycles. The third-order valence-corrected chi connectivity index (χ3v) is 4.20. The number of fused-ring (bicyclic) bond motifs is 1. The molecule has 0 unspecified atom stereocenters. The molecule has 1 aromatic carbocycles. The van der Waals surface area contributed by atoms with Crippen LogP contribution in [0.15, 0.2) is 47.9 Å². The van der Waals surface area contributed by atoms with E-state index in [9.17, 15) is 13.2 Å². The van der Waals surface area contributed by atoms with Crippen LogP contribution in [0.25, 0.3) is 22.2 Å². The number of hydrogen-bond donors (Lipinski definition) is 0. The number of pyridine rings is 1. The van der Waals surface area contributed by atoms with Crippen LogP contribution in [-0.2, 0) is 17.6 Å². The van der Waals surface area contributed by atoms with Crippen LogP contribution >= 0.6 is 0 Å². The summed E-state index contributed by atoms with van der Waals surface area (Å²) >= 11 is 0. The van der Waals surface area contributed by atoms with E-state index in [1.54, 1.807) is 29.2 Å². The van der Waals surface area contributed by atoms with Crippen LogP contribution in [0.5, 0.6) is 0 Å². The van der Waals surface area contributed by atoms with E-state index in [1.165, 1.54) is 13.2 Å². The Kier molecular flexibility index (Phi) is 5.16. The molecule has 3 aromatic rings. The second-order valence-corrected chi connectivity index (χ2v) is 6.43. The average Bonchev–Trinajstić information content (AvgIpc) is 3.03. The Morgan fingerprint density at radius 3 is 2.63 bits per heavy atom. The summed E-state index contributed by atoms with van der Waals surface area (Å²) in [5, 5.41) is 8.36. The van der Waals surface area contributed by atoms with Gasteiger partial charge in [-0.25, -0.2) is 0 Å². The zero-order valence-corrected chi connectivity index (χ0v) is 15.2. The number of alkyl halides is 3. The van der Waals surface area contributed by atoms with Crippen LogP contribution in [0.1, 0.15) is 19.4 Å². The highest BCUT2D eigenvalue weighted by atomic mass is 19.4. The zero-order chi connectivity index (χ0) is 19.6. The summed E-state index contributed by atoms with van der Waals surface area (Å²) in [6, 6.07) is 6.98. The Morgan fingerprint density at radius 1 is 1.19 bits per heavy atom. The molecule has 0 N–H and O–H groups in total. The smallest absolute Gasteiger partial charge is 0.399 e. The highest BCUT2D eigenvalue weighted by Gasteiger charge is 2.30. The molecule has 0 bridgehead atoms. The maximum atomic E-state index is 13.0. The maximum Gasteiger partial charge on any atom is 0.416 e. The third-order valence-electron chi connectivity index (χ3n) is 4.20. The van der Waals surface area contributed by atoms with Crippen molar-refractivity contribution in [2.45, 2.75) is 26.6 Å². The largest absolute Gasteiger partial charge is 0.416 e. The first-order valence-electron chi connectivity index (χ1n) is 8.38. The molecule has 0 saturated carbocycles. The van der Waals surface area contributed by atoms with Gasteiger partial charge in [-0.3, -0.25) is 9.67 Å². The lowest BCUT2D eigenvalue weighted by Crippen LogP contribution is -2.17. The van der Waals surface area contributed by atoms with Gasteiger partial charge in [0.2, 0.25) is 0 Å². The molecule has 8 heteroatoms. The van der Waals surface area contributed by atoms with Crippen LogP contribution < -0.4 is 0 Å². The fraction of sp³-hybridized carbons (Fsp3) is 0.316. The quantitative estimate of drug-likeness (QED) is 0.476. The maximum absolute atomic E-state index is 13.0. The summed E-state index contributed by atoms with van der Waals surface area (Å²) in [5.41, 5.74) is 2.52. The summed E-state index contributed by atoms with van der Waals surface area (Å²) in [7, 11) is 1.48. The third kappa shape index (κ3) is 4.10. The van der Waals surface area contributed by atoms with Gasteiger partial charge in [0.05, 0.1) is 29.5 Å². The van der Waals surface area contributed by atoms with Gasteiger partial charge >= 0.3 is 6.18 Å². The molecule has 5 nitrogen and oxygen atoms in total. The van der Waals surface area contributed by atoms with Crippen molar-refractivity contribution in [3.05, 3.63) is 48.3 Å². The van der Waals surface area contributed by atoms with Crippen molar-refractivity contribution in [1.29, 1.82) is 0 Å². The van der Waals surface area contributed by atoms with Crippen LogP contribution in [0.4, 0.5) is 13.2 Å². The average molecular weight is 376 g/mol. The molecule has 0 amide bonds. The number of rotatable bonds is 5. The first kappa shape index (κ1) is 18.9. The van der Waals surface area contributed by atoms with Crippen LogP contribution in [0, 0.1) is 5.92 Å². The van der Waals surface area contributed by atoms with Crippen molar-refractivity contribution in [1.82, 2.24) is 14.8 Å². The van der Waals surface area contributed by atoms with Gasteiger partial charge < -0.3 is 4.84 Å². The molecule has 142 valence electrons. The van der Waals surface area contributed by atoms with Gasteiger partial charge in [0.25, 0.3) is 0 Å². The van der Waals surface area contributed by atoms with Crippen molar-refractivity contribution in [3.8, 4) is 11.1 Å². The molecular weight excluding hydrogens is 357 g/mol. The fourth-order valence-corrected chi connectivity index (χ4v) is 2.70. The summed E-state index contributed by atoms with van der Waals surface area (Å²) in [6.07, 6.45) is -1.22. The summed E-state index contributed by atoms with van der Waals surface area (Å²) in [4.78, 5) is 9.22. The van der Waals surface area contributed by atoms with E-state index in [4.69, 9.17) is 4.84 Å². The molecular formula is C19H19F3N4O. The number of halogens is 3. The highest BCUT2D eigenvalue weighted by Crippen LogP contribution is 2.32. The Balaban J connectivity index is 2.02. The fourth-order valence-electron chi connectivity index (χ4n) is 2.70. The Labute approximate surface area is 154 Å².